The molecule has 0 aliphatic carbocycles. The number of aromatic nitrogens is 3. The maximum atomic E-state index is 13.0. The zero-order chi connectivity index (χ0) is 16.7. The first-order chi connectivity index (χ1) is 11.6. The third-order valence-electron chi connectivity index (χ3n) is 4.02. The number of rotatable bonds is 4. The second-order valence-corrected chi connectivity index (χ2v) is 7.84. The number of carbonyl (C=O) groups excluding carboxylic acids is 1. The molecule has 0 amide bonds. The fourth-order valence-electron chi connectivity index (χ4n) is 2.88. The molecule has 0 unspecified atom stereocenters. The van der Waals surface area contributed by atoms with Crippen LogP contribution in [-0.4, -0.2) is 26.0 Å². The van der Waals surface area contributed by atoms with E-state index in [4.69, 9.17) is 0 Å². The molecule has 24 heavy (non-hydrogen) atoms. The highest BCUT2D eigenvalue weighted by Crippen LogP contribution is 2.33. The summed E-state index contributed by atoms with van der Waals surface area (Å²) < 4.78 is 0. The molecule has 0 radical (unpaired) electrons. The number of carbonyl (C=O) groups is 1. The molecule has 0 saturated heterocycles. The zero-order valence-electron chi connectivity index (χ0n) is 13.2. The lowest BCUT2D eigenvalue weighted by Crippen LogP contribution is -2.14. The van der Waals surface area contributed by atoms with E-state index in [1.165, 1.54) is 11.8 Å². The van der Waals surface area contributed by atoms with Crippen molar-refractivity contribution in [3.8, 4) is 0 Å². The van der Waals surface area contributed by atoms with E-state index >= 15 is 0 Å². The largest absolute Gasteiger partial charge is 0.358 e. The standard InChI is InChI=1S/C18H15N3OS2/c1-10-15(12-5-3-4-6-14(12)21-10)16(22)11(2)24-18-13-7-8-23-17(13)19-9-20-18/h3-9,11,21H,1-2H3/t11-/m1/s1. The van der Waals surface area contributed by atoms with Gasteiger partial charge in [0, 0.05) is 27.5 Å². The molecule has 0 bridgehead atoms. The number of hydrogen-bond donors (Lipinski definition) is 1. The normalized spacial score (nSPS) is 12.8. The fourth-order valence-corrected chi connectivity index (χ4v) is 4.64. The summed E-state index contributed by atoms with van der Waals surface area (Å²) in [6, 6.07) is 9.93. The van der Waals surface area contributed by atoms with Crippen LogP contribution in [0.25, 0.3) is 21.1 Å². The van der Waals surface area contributed by atoms with Crippen LogP contribution in [-0.2, 0) is 0 Å². The predicted octanol–water partition coefficient (Wildman–Crippen LogP) is 4.84. The molecule has 3 aromatic heterocycles. The molecule has 1 N–H and O–H groups in total. The molecule has 120 valence electrons. The van der Waals surface area contributed by atoms with E-state index < -0.39 is 0 Å². The van der Waals surface area contributed by atoms with Gasteiger partial charge in [0.05, 0.1) is 5.25 Å². The molecular weight excluding hydrogens is 338 g/mol. The van der Waals surface area contributed by atoms with Gasteiger partial charge in [0.1, 0.15) is 16.2 Å². The molecule has 4 rings (SSSR count). The van der Waals surface area contributed by atoms with Crippen molar-refractivity contribution in [1.82, 2.24) is 15.0 Å². The minimum absolute atomic E-state index is 0.122. The van der Waals surface area contributed by atoms with Crippen LogP contribution in [0, 0.1) is 6.92 Å². The van der Waals surface area contributed by atoms with Crippen LogP contribution in [0.3, 0.4) is 0 Å². The molecule has 6 heteroatoms. The summed E-state index contributed by atoms with van der Waals surface area (Å²) in [5, 5.41) is 4.64. The summed E-state index contributed by atoms with van der Waals surface area (Å²) in [6.07, 6.45) is 1.56. The molecule has 0 spiro atoms. The predicted molar refractivity (Wildman–Crippen MR) is 100 cm³/mol. The number of hydrogen-bond acceptors (Lipinski definition) is 5. The summed E-state index contributed by atoms with van der Waals surface area (Å²) in [7, 11) is 0. The van der Waals surface area contributed by atoms with Crippen LogP contribution in [0.1, 0.15) is 23.0 Å². The summed E-state index contributed by atoms with van der Waals surface area (Å²) in [5.41, 5.74) is 2.69. The van der Waals surface area contributed by atoms with Crippen molar-refractivity contribution in [2.24, 2.45) is 0 Å². The van der Waals surface area contributed by atoms with Gasteiger partial charge >= 0.3 is 0 Å². The number of thioether (sulfide) groups is 1. The van der Waals surface area contributed by atoms with Crippen LogP contribution < -0.4 is 0 Å². The minimum Gasteiger partial charge on any atom is -0.358 e. The number of aryl methyl sites for hydroxylation is 1. The van der Waals surface area contributed by atoms with Gasteiger partial charge in [0.25, 0.3) is 0 Å². The van der Waals surface area contributed by atoms with Crippen molar-refractivity contribution in [2.75, 3.05) is 0 Å². The smallest absolute Gasteiger partial charge is 0.178 e. The number of nitrogens with zero attached hydrogens (tertiary/aromatic N) is 2. The number of Topliss-reactive ketones (excluding diaryl/α,β-unsaturated/α-hetero) is 1. The maximum absolute atomic E-state index is 13.0. The van der Waals surface area contributed by atoms with Crippen LogP contribution in [0.2, 0.25) is 0 Å². The van der Waals surface area contributed by atoms with Gasteiger partial charge in [0.15, 0.2) is 5.78 Å². The molecule has 4 aromatic rings. The summed E-state index contributed by atoms with van der Waals surface area (Å²) in [5.74, 6) is 0.122. The Hall–Kier alpha value is -2.18. The van der Waals surface area contributed by atoms with Gasteiger partial charge in [-0.25, -0.2) is 9.97 Å². The van der Waals surface area contributed by atoms with Crippen LogP contribution in [0.15, 0.2) is 47.1 Å². The Morgan fingerprint density at radius 1 is 1.21 bits per heavy atom. The number of thiophene rings is 1. The summed E-state index contributed by atoms with van der Waals surface area (Å²) in [4.78, 5) is 25.9. The van der Waals surface area contributed by atoms with Crippen molar-refractivity contribution in [1.29, 1.82) is 0 Å². The number of para-hydroxylation sites is 1. The van der Waals surface area contributed by atoms with Crippen LogP contribution in [0.4, 0.5) is 0 Å². The first-order valence-electron chi connectivity index (χ1n) is 7.61. The quantitative estimate of drug-likeness (QED) is 0.324. The molecule has 0 fully saturated rings. The first-order valence-corrected chi connectivity index (χ1v) is 9.37. The van der Waals surface area contributed by atoms with Crippen molar-refractivity contribution >= 4 is 50.0 Å². The van der Waals surface area contributed by atoms with Crippen molar-refractivity contribution < 1.29 is 4.79 Å². The average Bonchev–Trinajstić information content (AvgIpc) is 3.18. The van der Waals surface area contributed by atoms with Gasteiger partial charge in [-0.1, -0.05) is 30.0 Å². The van der Waals surface area contributed by atoms with Gasteiger partial charge in [0.2, 0.25) is 0 Å². The number of benzene rings is 1. The second-order valence-electron chi connectivity index (χ2n) is 5.61. The van der Waals surface area contributed by atoms with Gasteiger partial charge in [-0.3, -0.25) is 4.79 Å². The Labute approximate surface area is 147 Å². The summed E-state index contributed by atoms with van der Waals surface area (Å²) in [6.45, 7) is 3.89. The highest BCUT2D eigenvalue weighted by molar-refractivity contribution is 8.00. The van der Waals surface area contributed by atoms with Crippen LogP contribution in [0.5, 0.6) is 0 Å². The molecule has 0 aliphatic rings. The van der Waals surface area contributed by atoms with Crippen LogP contribution >= 0.6 is 23.1 Å². The Kier molecular flexibility index (Phi) is 3.86. The first kappa shape index (κ1) is 15.4. The molecular formula is C18H15N3OS2. The Bertz CT molecular complexity index is 1050. The molecule has 1 atom stereocenters. The van der Waals surface area contributed by atoms with E-state index in [9.17, 15) is 4.79 Å². The third-order valence-corrected chi connectivity index (χ3v) is 5.96. The average molecular weight is 353 g/mol. The Morgan fingerprint density at radius 3 is 2.92 bits per heavy atom. The Morgan fingerprint density at radius 2 is 2.04 bits per heavy atom. The number of nitrogens with one attached hydrogen (secondary N) is 1. The zero-order valence-corrected chi connectivity index (χ0v) is 14.9. The van der Waals surface area contributed by atoms with E-state index in [2.05, 4.69) is 15.0 Å². The van der Waals surface area contributed by atoms with Crippen molar-refractivity contribution in [3.05, 3.63) is 53.3 Å². The topological polar surface area (TPSA) is 58.6 Å². The number of H-pyrrole nitrogens is 1. The Balaban J connectivity index is 1.69. The van der Waals surface area contributed by atoms with Crippen molar-refractivity contribution in [3.63, 3.8) is 0 Å². The highest BCUT2D eigenvalue weighted by Gasteiger charge is 2.23. The van der Waals surface area contributed by atoms with E-state index in [-0.39, 0.29) is 11.0 Å². The molecule has 1 aromatic carbocycles. The lowest BCUT2D eigenvalue weighted by atomic mass is 10.1. The van der Waals surface area contributed by atoms with E-state index in [1.807, 2.05) is 49.6 Å². The lowest BCUT2D eigenvalue weighted by Gasteiger charge is -2.10. The van der Waals surface area contributed by atoms with E-state index in [1.54, 1.807) is 17.7 Å². The van der Waals surface area contributed by atoms with E-state index in [0.29, 0.717) is 0 Å². The van der Waals surface area contributed by atoms with Crippen molar-refractivity contribution in [2.45, 2.75) is 24.1 Å². The molecule has 0 aliphatic heterocycles. The monoisotopic (exact) mass is 353 g/mol. The number of aromatic amines is 1. The van der Waals surface area contributed by atoms with Gasteiger partial charge in [-0.05, 0) is 31.4 Å². The van der Waals surface area contributed by atoms with Gasteiger partial charge in [-0.15, -0.1) is 11.3 Å². The highest BCUT2D eigenvalue weighted by atomic mass is 32.2. The van der Waals surface area contributed by atoms with E-state index in [0.717, 1.165) is 37.4 Å². The third kappa shape index (κ3) is 2.52. The molecule has 4 nitrogen and oxygen atoms in total. The maximum Gasteiger partial charge on any atom is 0.178 e. The number of fused-ring (bicyclic) bond motifs is 2. The molecule has 3 heterocycles. The lowest BCUT2D eigenvalue weighted by molar-refractivity contribution is 0.0995. The summed E-state index contributed by atoms with van der Waals surface area (Å²) >= 11 is 3.08. The number of ketones is 1. The second kappa shape index (κ2) is 6.03. The SMILES string of the molecule is Cc1[nH]c2ccccc2c1C(=O)[C@@H](C)Sc1ncnc2sccc12. The van der Waals surface area contributed by atoms with Gasteiger partial charge < -0.3 is 4.98 Å². The molecule has 0 saturated carbocycles. The minimum atomic E-state index is -0.221. The fraction of sp³-hybridized carbons (Fsp3) is 0.167. The van der Waals surface area contributed by atoms with Gasteiger partial charge in [-0.2, -0.15) is 0 Å².